The van der Waals surface area contributed by atoms with Gasteiger partial charge in [0.15, 0.2) is 0 Å². The molecule has 0 bridgehead atoms. The van der Waals surface area contributed by atoms with Crippen LogP contribution in [0.25, 0.3) is 0 Å². The second kappa shape index (κ2) is 12.9. The normalized spacial score (nSPS) is 16.9. The van der Waals surface area contributed by atoms with Crippen LogP contribution in [0.5, 0.6) is 0 Å². The lowest BCUT2D eigenvalue weighted by Crippen LogP contribution is -2.37. The van der Waals surface area contributed by atoms with Crippen LogP contribution in [0.2, 0.25) is 0 Å². The van der Waals surface area contributed by atoms with Crippen molar-refractivity contribution < 1.29 is 4.74 Å². The van der Waals surface area contributed by atoms with E-state index in [9.17, 15) is 0 Å². The van der Waals surface area contributed by atoms with Gasteiger partial charge in [0.25, 0.3) is 0 Å². The Morgan fingerprint density at radius 2 is 1.47 bits per heavy atom. The SMILES string of the molecule is CCCCCCCCCNCCCN1CCOCC1. The summed E-state index contributed by atoms with van der Waals surface area (Å²) in [6.07, 6.45) is 11.1. The summed E-state index contributed by atoms with van der Waals surface area (Å²) in [5.41, 5.74) is 0. The van der Waals surface area contributed by atoms with Gasteiger partial charge in [-0.25, -0.2) is 0 Å². The molecule has 3 nitrogen and oxygen atoms in total. The van der Waals surface area contributed by atoms with E-state index in [1.807, 2.05) is 0 Å². The van der Waals surface area contributed by atoms with E-state index in [0.717, 1.165) is 26.3 Å². The molecule has 0 amide bonds. The molecule has 1 heterocycles. The van der Waals surface area contributed by atoms with Crippen LogP contribution in [0.3, 0.4) is 0 Å². The van der Waals surface area contributed by atoms with Crippen molar-refractivity contribution in [3.63, 3.8) is 0 Å². The first kappa shape index (κ1) is 16.9. The smallest absolute Gasteiger partial charge is 0.0594 e. The van der Waals surface area contributed by atoms with Gasteiger partial charge in [0.1, 0.15) is 0 Å². The second-order valence-electron chi connectivity index (χ2n) is 5.68. The summed E-state index contributed by atoms with van der Waals surface area (Å²) in [5.74, 6) is 0. The molecule has 1 aliphatic rings. The fourth-order valence-electron chi connectivity index (χ4n) is 2.58. The fraction of sp³-hybridized carbons (Fsp3) is 1.00. The maximum absolute atomic E-state index is 5.35. The van der Waals surface area contributed by atoms with E-state index in [0.29, 0.717) is 0 Å². The van der Waals surface area contributed by atoms with E-state index in [-0.39, 0.29) is 0 Å². The molecule has 3 heteroatoms. The molecule has 1 rings (SSSR count). The average molecular weight is 270 g/mol. The van der Waals surface area contributed by atoms with Gasteiger partial charge in [0.2, 0.25) is 0 Å². The third kappa shape index (κ3) is 10.3. The summed E-state index contributed by atoms with van der Waals surface area (Å²) in [5, 5.41) is 3.57. The van der Waals surface area contributed by atoms with Crippen LogP contribution in [0.4, 0.5) is 0 Å². The van der Waals surface area contributed by atoms with Gasteiger partial charge in [-0.15, -0.1) is 0 Å². The standard InChI is InChI=1S/C16H34N2O/c1-2-3-4-5-6-7-8-10-17-11-9-12-18-13-15-19-16-14-18/h17H,2-16H2,1H3. The van der Waals surface area contributed by atoms with Crippen molar-refractivity contribution in [1.29, 1.82) is 0 Å². The molecular formula is C16H34N2O. The fourth-order valence-corrected chi connectivity index (χ4v) is 2.58. The van der Waals surface area contributed by atoms with Crippen molar-refractivity contribution in [1.82, 2.24) is 10.2 Å². The van der Waals surface area contributed by atoms with Crippen LogP contribution in [-0.2, 0) is 4.74 Å². The molecule has 114 valence electrons. The lowest BCUT2D eigenvalue weighted by Gasteiger charge is -2.26. The van der Waals surface area contributed by atoms with Crippen molar-refractivity contribution in [2.75, 3.05) is 45.9 Å². The molecule has 0 aromatic heterocycles. The maximum atomic E-state index is 5.35. The Kier molecular flexibility index (Phi) is 11.5. The number of nitrogens with zero attached hydrogens (tertiary/aromatic N) is 1. The van der Waals surface area contributed by atoms with Crippen LogP contribution in [-0.4, -0.2) is 50.8 Å². The van der Waals surface area contributed by atoms with Crippen molar-refractivity contribution in [2.24, 2.45) is 0 Å². The third-order valence-corrected chi connectivity index (χ3v) is 3.89. The highest BCUT2D eigenvalue weighted by Crippen LogP contribution is 2.06. The first-order valence-electron chi connectivity index (χ1n) is 8.44. The highest BCUT2D eigenvalue weighted by molar-refractivity contribution is 4.62. The molecule has 0 aliphatic carbocycles. The zero-order valence-electron chi connectivity index (χ0n) is 13.0. The molecule has 1 saturated heterocycles. The van der Waals surface area contributed by atoms with Crippen molar-refractivity contribution in [3.8, 4) is 0 Å². The quantitative estimate of drug-likeness (QED) is 0.552. The first-order chi connectivity index (χ1) is 9.43. The van der Waals surface area contributed by atoms with Crippen molar-refractivity contribution >= 4 is 0 Å². The molecule has 1 aliphatic heterocycles. The molecule has 1 N–H and O–H groups in total. The van der Waals surface area contributed by atoms with Gasteiger partial charge < -0.3 is 10.1 Å². The summed E-state index contributed by atoms with van der Waals surface area (Å²) in [6.45, 7) is 9.98. The highest BCUT2D eigenvalue weighted by Gasteiger charge is 2.08. The predicted molar refractivity (Wildman–Crippen MR) is 82.7 cm³/mol. The van der Waals surface area contributed by atoms with Gasteiger partial charge in [-0.3, -0.25) is 4.90 Å². The molecule has 0 saturated carbocycles. The van der Waals surface area contributed by atoms with Crippen LogP contribution in [0.15, 0.2) is 0 Å². The second-order valence-corrected chi connectivity index (χ2v) is 5.68. The third-order valence-electron chi connectivity index (χ3n) is 3.89. The van der Waals surface area contributed by atoms with Gasteiger partial charge in [0, 0.05) is 13.1 Å². The Bertz CT molecular complexity index is 182. The minimum atomic E-state index is 0.922. The van der Waals surface area contributed by atoms with Crippen LogP contribution in [0.1, 0.15) is 58.3 Å². The summed E-state index contributed by atoms with van der Waals surface area (Å²) in [7, 11) is 0. The largest absolute Gasteiger partial charge is 0.379 e. The molecule has 0 spiro atoms. The topological polar surface area (TPSA) is 24.5 Å². The van der Waals surface area contributed by atoms with Gasteiger partial charge >= 0.3 is 0 Å². The molecule has 0 atom stereocenters. The van der Waals surface area contributed by atoms with E-state index in [1.165, 1.54) is 71.0 Å². The van der Waals surface area contributed by atoms with Crippen LogP contribution >= 0.6 is 0 Å². The minimum Gasteiger partial charge on any atom is -0.379 e. The minimum absolute atomic E-state index is 0.922. The number of morpholine rings is 1. The molecule has 0 aromatic rings. The predicted octanol–water partition coefficient (Wildman–Crippen LogP) is 3.05. The van der Waals surface area contributed by atoms with Crippen LogP contribution < -0.4 is 5.32 Å². The van der Waals surface area contributed by atoms with E-state index in [4.69, 9.17) is 4.74 Å². The van der Waals surface area contributed by atoms with E-state index < -0.39 is 0 Å². The Morgan fingerprint density at radius 1 is 0.842 bits per heavy atom. The van der Waals surface area contributed by atoms with Gasteiger partial charge in [-0.1, -0.05) is 45.4 Å². The lowest BCUT2D eigenvalue weighted by atomic mass is 10.1. The number of unbranched alkanes of at least 4 members (excludes halogenated alkanes) is 6. The Labute approximate surface area is 120 Å². The van der Waals surface area contributed by atoms with Gasteiger partial charge in [-0.05, 0) is 32.5 Å². The Hall–Kier alpha value is -0.120. The number of rotatable bonds is 12. The number of nitrogens with one attached hydrogen (secondary N) is 1. The zero-order valence-corrected chi connectivity index (χ0v) is 13.0. The van der Waals surface area contributed by atoms with Gasteiger partial charge in [-0.2, -0.15) is 0 Å². The molecule has 0 aromatic carbocycles. The maximum Gasteiger partial charge on any atom is 0.0594 e. The number of hydrogen-bond donors (Lipinski definition) is 1. The van der Waals surface area contributed by atoms with Crippen molar-refractivity contribution in [3.05, 3.63) is 0 Å². The summed E-state index contributed by atoms with van der Waals surface area (Å²) in [4.78, 5) is 2.51. The number of ether oxygens (including phenoxy) is 1. The molecule has 0 unspecified atom stereocenters. The average Bonchev–Trinajstić information content (AvgIpc) is 2.46. The zero-order chi connectivity index (χ0) is 13.6. The summed E-state index contributed by atoms with van der Waals surface area (Å²) < 4.78 is 5.35. The molecule has 0 radical (unpaired) electrons. The number of hydrogen-bond acceptors (Lipinski definition) is 3. The first-order valence-corrected chi connectivity index (χ1v) is 8.44. The summed E-state index contributed by atoms with van der Waals surface area (Å²) in [6, 6.07) is 0. The van der Waals surface area contributed by atoms with E-state index in [1.54, 1.807) is 0 Å². The van der Waals surface area contributed by atoms with Crippen molar-refractivity contribution in [2.45, 2.75) is 58.3 Å². The Balaban J connectivity index is 1.71. The monoisotopic (exact) mass is 270 g/mol. The summed E-state index contributed by atoms with van der Waals surface area (Å²) >= 11 is 0. The molecular weight excluding hydrogens is 236 g/mol. The van der Waals surface area contributed by atoms with E-state index in [2.05, 4.69) is 17.1 Å². The highest BCUT2D eigenvalue weighted by atomic mass is 16.5. The molecule has 19 heavy (non-hydrogen) atoms. The Morgan fingerprint density at radius 3 is 2.21 bits per heavy atom. The van der Waals surface area contributed by atoms with E-state index >= 15 is 0 Å². The van der Waals surface area contributed by atoms with Gasteiger partial charge in [0.05, 0.1) is 13.2 Å². The molecule has 1 fully saturated rings. The van der Waals surface area contributed by atoms with Crippen LogP contribution in [0, 0.1) is 0 Å². The lowest BCUT2D eigenvalue weighted by molar-refractivity contribution is 0.0374.